The number of carbonyl (C=O) groups is 1. The summed E-state index contributed by atoms with van der Waals surface area (Å²) in [7, 11) is 0. The summed E-state index contributed by atoms with van der Waals surface area (Å²) in [5, 5.41) is 2.73. The van der Waals surface area contributed by atoms with Gasteiger partial charge in [-0.25, -0.2) is 9.37 Å². The first-order valence-corrected chi connectivity index (χ1v) is 7.11. The summed E-state index contributed by atoms with van der Waals surface area (Å²) in [6.07, 6.45) is 0.844. The van der Waals surface area contributed by atoms with Crippen LogP contribution in [0.3, 0.4) is 0 Å². The summed E-state index contributed by atoms with van der Waals surface area (Å²) in [6.45, 7) is 2.02. The van der Waals surface area contributed by atoms with Gasteiger partial charge < -0.3 is 10.3 Å². The SMILES string of the molecule is Cc1ccc2nc(CCC(=O)Nc3ccc(F)cc3)[nH]c2c1. The van der Waals surface area contributed by atoms with Gasteiger partial charge in [0, 0.05) is 18.5 Å². The van der Waals surface area contributed by atoms with E-state index in [0.29, 0.717) is 18.5 Å². The van der Waals surface area contributed by atoms with Crippen molar-refractivity contribution in [3.63, 3.8) is 0 Å². The van der Waals surface area contributed by atoms with Crippen molar-refractivity contribution < 1.29 is 9.18 Å². The molecular formula is C17H16FN3O. The van der Waals surface area contributed by atoms with E-state index >= 15 is 0 Å². The molecule has 0 fully saturated rings. The zero-order valence-electron chi connectivity index (χ0n) is 12.2. The fourth-order valence-corrected chi connectivity index (χ4v) is 2.28. The molecule has 0 radical (unpaired) electrons. The zero-order valence-corrected chi connectivity index (χ0v) is 12.2. The quantitative estimate of drug-likeness (QED) is 0.773. The van der Waals surface area contributed by atoms with Crippen molar-refractivity contribution in [2.45, 2.75) is 19.8 Å². The van der Waals surface area contributed by atoms with Gasteiger partial charge in [0.2, 0.25) is 5.91 Å². The number of hydrogen-bond donors (Lipinski definition) is 2. The van der Waals surface area contributed by atoms with E-state index in [-0.39, 0.29) is 11.7 Å². The predicted octanol–water partition coefficient (Wildman–Crippen LogP) is 3.58. The largest absolute Gasteiger partial charge is 0.342 e. The van der Waals surface area contributed by atoms with Crippen molar-refractivity contribution in [1.82, 2.24) is 9.97 Å². The summed E-state index contributed by atoms with van der Waals surface area (Å²) < 4.78 is 12.8. The maximum absolute atomic E-state index is 12.8. The van der Waals surface area contributed by atoms with E-state index in [1.54, 1.807) is 0 Å². The molecule has 4 nitrogen and oxygen atoms in total. The van der Waals surface area contributed by atoms with Crippen LogP contribution in [0.2, 0.25) is 0 Å². The Kier molecular flexibility index (Phi) is 3.87. The first-order valence-electron chi connectivity index (χ1n) is 7.11. The zero-order chi connectivity index (χ0) is 15.5. The average Bonchev–Trinajstić information content (AvgIpc) is 2.89. The Labute approximate surface area is 127 Å². The standard InChI is InChI=1S/C17H16FN3O/c1-11-2-7-14-15(10-11)21-16(20-14)8-9-17(22)19-13-5-3-12(18)4-6-13/h2-7,10H,8-9H2,1H3,(H,19,22)(H,20,21). The first-order chi connectivity index (χ1) is 10.6. The van der Waals surface area contributed by atoms with Crippen LogP contribution in [0.5, 0.6) is 0 Å². The number of amides is 1. The van der Waals surface area contributed by atoms with Gasteiger partial charge in [0.15, 0.2) is 0 Å². The number of anilines is 1. The van der Waals surface area contributed by atoms with Crippen molar-refractivity contribution in [2.75, 3.05) is 5.32 Å². The third-order valence-corrected chi connectivity index (χ3v) is 3.40. The van der Waals surface area contributed by atoms with E-state index in [0.717, 1.165) is 22.4 Å². The molecule has 2 N–H and O–H groups in total. The second-order valence-corrected chi connectivity index (χ2v) is 5.26. The number of aryl methyl sites for hydroxylation is 2. The van der Waals surface area contributed by atoms with E-state index in [1.807, 2.05) is 25.1 Å². The molecule has 22 heavy (non-hydrogen) atoms. The molecule has 0 aliphatic carbocycles. The number of nitrogens with one attached hydrogen (secondary N) is 2. The lowest BCUT2D eigenvalue weighted by Crippen LogP contribution is -2.12. The van der Waals surface area contributed by atoms with Crippen LogP contribution in [0.1, 0.15) is 17.8 Å². The molecule has 0 spiro atoms. The Balaban J connectivity index is 1.61. The second-order valence-electron chi connectivity index (χ2n) is 5.26. The maximum atomic E-state index is 12.8. The molecule has 3 aromatic rings. The summed E-state index contributed by atoms with van der Waals surface area (Å²) in [6, 6.07) is 11.7. The molecule has 1 heterocycles. The highest BCUT2D eigenvalue weighted by atomic mass is 19.1. The molecule has 0 atom stereocenters. The summed E-state index contributed by atoms with van der Waals surface area (Å²) in [5.41, 5.74) is 3.64. The van der Waals surface area contributed by atoms with Crippen LogP contribution >= 0.6 is 0 Å². The van der Waals surface area contributed by atoms with Gasteiger partial charge in [0.25, 0.3) is 0 Å². The third kappa shape index (κ3) is 3.31. The third-order valence-electron chi connectivity index (χ3n) is 3.40. The first kappa shape index (κ1) is 14.3. The lowest BCUT2D eigenvalue weighted by molar-refractivity contribution is -0.116. The molecule has 0 saturated carbocycles. The number of hydrogen-bond acceptors (Lipinski definition) is 2. The fraction of sp³-hybridized carbons (Fsp3) is 0.176. The molecule has 5 heteroatoms. The molecule has 1 amide bonds. The van der Waals surface area contributed by atoms with E-state index in [9.17, 15) is 9.18 Å². The Morgan fingerprint density at radius 2 is 2.00 bits per heavy atom. The monoisotopic (exact) mass is 297 g/mol. The van der Waals surface area contributed by atoms with Gasteiger partial charge in [0.05, 0.1) is 11.0 Å². The minimum atomic E-state index is -0.324. The Morgan fingerprint density at radius 1 is 1.23 bits per heavy atom. The summed E-state index contributed by atoms with van der Waals surface area (Å²) in [5.74, 6) is 0.341. The number of carbonyl (C=O) groups excluding carboxylic acids is 1. The van der Waals surface area contributed by atoms with Crippen LogP contribution in [-0.4, -0.2) is 15.9 Å². The molecule has 0 aliphatic heterocycles. The number of aromatic nitrogens is 2. The van der Waals surface area contributed by atoms with Gasteiger partial charge >= 0.3 is 0 Å². The van der Waals surface area contributed by atoms with Crippen molar-refractivity contribution in [2.24, 2.45) is 0 Å². The molecule has 0 aliphatic rings. The van der Waals surface area contributed by atoms with Gasteiger partial charge in [-0.1, -0.05) is 6.07 Å². The molecule has 1 aromatic heterocycles. The molecule has 2 aromatic carbocycles. The van der Waals surface area contributed by atoms with E-state index in [1.165, 1.54) is 24.3 Å². The molecule has 0 unspecified atom stereocenters. The lowest BCUT2D eigenvalue weighted by atomic mass is 10.2. The van der Waals surface area contributed by atoms with Crippen molar-refractivity contribution in [3.05, 3.63) is 59.7 Å². The van der Waals surface area contributed by atoms with E-state index in [4.69, 9.17) is 0 Å². The second kappa shape index (κ2) is 5.97. The highest BCUT2D eigenvalue weighted by Crippen LogP contribution is 2.14. The van der Waals surface area contributed by atoms with Gasteiger partial charge in [-0.2, -0.15) is 0 Å². The number of aromatic amines is 1. The Bertz CT molecular complexity index is 808. The normalized spacial score (nSPS) is 10.8. The van der Waals surface area contributed by atoms with Crippen LogP contribution in [-0.2, 0) is 11.2 Å². The topological polar surface area (TPSA) is 57.8 Å². The number of rotatable bonds is 4. The lowest BCUT2D eigenvalue weighted by Gasteiger charge is -2.04. The van der Waals surface area contributed by atoms with Crippen LogP contribution in [0.15, 0.2) is 42.5 Å². The van der Waals surface area contributed by atoms with E-state index < -0.39 is 0 Å². The number of imidazole rings is 1. The van der Waals surface area contributed by atoms with Crippen molar-refractivity contribution in [1.29, 1.82) is 0 Å². The molecule has 3 rings (SSSR count). The smallest absolute Gasteiger partial charge is 0.224 e. The molecule has 112 valence electrons. The number of benzene rings is 2. The predicted molar refractivity (Wildman–Crippen MR) is 84.2 cm³/mol. The van der Waals surface area contributed by atoms with Gasteiger partial charge in [-0.3, -0.25) is 4.79 Å². The Morgan fingerprint density at radius 3 is 2.77 bits per heavy atom. The van der Waals surface area contributed by atoms with Gasteiger partial charge in [-0.15, -0.1) is 0 Å². The van der Waals surface area contributed by atoms with Gasteiger partial charge in [-0.05, 0) is 48.9 Å². The van der Waals surface area contributed by atoms with Crippen LogP contribution < -0.4 is 5.32 Å². The minimum Gasteiger partial charge on any atom is -0.342 e. The summed E-state index contributed by atoms with van der Waals surface area (Å²) >= 11 is 0. The maximum Gasteiger partial charge on any atom is 0.224 e. The summed E-state index contributed by atoms with van der Waals surface area (Å²) in [4.78, 5) is 19.6. The number of nitrogens with zero attached hydrogens (tertiary/aromatic N) is 1. The number of halogens is 1. The molecule has 0 bridgehead atoms. The van der Waals surface area contributed by atoms with Crippen molar-refractivity contribution in [3.8, 4) is 0 Å². The molecule has 0 saturated heterocycles. The highest BCUT2D eigenvalue weighted by molar-refractivity contribution is 5.90. The van der Waals surface area contributed by atoms with Crippen molar-refractivity contribution >= 4 is 22.6 Å². The highest BCUT2D eigenvalue weighted by Gasteiger charge is 2.07. The fourth-order valence-electron chi connectivity index (χ4n) is 2.28. The van der Waals surface area contributed by atoms with Gasteiger partial charge in [0.1, 0.15) is 11.6 Å². The number of H-pyrrole nitrogens is 1. The number of fused-ring (bicyclic) bond motifs is 1. The van der Waals surface area contributed by atoms with E-state index in [2.05, 4.69) is 15.3 Å². The molecular weight excluding hydrogens is 281 g/mol. The van der Waals surface area contributed by atoms with Crippen LogP contribution in [0, 0.1) is 12.7 Å². The average molecular weight is 297 g/mol. The van der Waals surface area contributed by atoms with Crippen LogP contribution in [0.25, 0.3) is 11.0 Å². The minimum absolute atomic E-state index is 0.122. The van der Waals surface area contributed by atoms with Crippen LogP contribution in [0.4, 0.5) is 10.1 Å². The Hall–Kier alpha value is -2.69.